The molecule has 2 aromatic rings. The van der Waals surface area contributed by atoms with Gasteiger partial charge in [0.1, 0.15) is 17.1 Å². The average Bonchev–Trinajstić information content (AvgIpc) is 3.28. The number of urea groups is 1. The lowest BCUT2D eigenvalue weighted by molar-refractivity contribution is -0.125. The number of hydrogen-bond donors (Lipinski definition) is 2. The third kappa shape index (κ3) is 6.42. The van der Waals surface area contributed by atoms with Crippen molar-refractivity contribution in [1.29, 1.82) is 0 Å². The Morgan fingerprint density at radius 2 is 1.90 bits per heavy atom. The van der Waals surface area contributed by atoms with Crippen LogP contribution in [0.15, 0.2) is 33.5 Å². The SMILES string of the molecule is CC1=C(C(=O)N(C(=O)c2csc(N(CC(C)C)C3CC3)n2)[C@H]([C]=O)CC(C)C)SC(c2cccs2)N1C(=O)NN. The predicted octanol–water partition coefficient (Wildman–Crippen LogP) is 4.89. The standard InChI is InChI=1S/C27H35N6O4S3/c1-15(2)11-19(13-34)33(23(35)20-14-39-27(29-20)31(12-16(3)4)18-8-9-18)24(36)22-17(5)32(26(37)30-28)25(40-22)21-7-6-10-38-21/h6-7,10,14-16,18-19,25H,8-9,11-12,28H2,1-5H3,(H,30,37)/t19-,25?/m0/s1. The molecule has 215 valence electrons. The van der Waals surface area contributed by atoms with Crippen molar-refractivity contribution in [2.75, 3.05) is 11.4 Å². The van der Waals surface area contributed by atoms with Crippen molar-refractivity contribution in [2.45, 2.75) is 71.3 Å². The minimum absolute atomic E-state index is 0.0154. The van der Waals surface area contributed by atoms with Gasteiger partial charge in [-0.3, -0.25) is 29.6 Å². The fourth-order valence-electron chi connectivity index (χ4n) is 4.60. The summed E-state index contributed by atoms with van der Waals surface area (Å²) in [6.45, 7) is 10.5. The third-order valence-corrected chi connectivity index (χ3v) is 9.91. The number of carbonyl (C=O) groups is 3. The van der Waals surface area contributed by atoms with Gasteiger partial charge in [-0.15, -0.1) is 22.7 Å². The summed E-state index contributed by atoms with van der Waals surface area (Å²) in [6.07, 6.45) is 4.34. The topological polar surface area (TPSA) is 129 Å². The molecule has 40 heavy (non-hydrogen) atoms. The zero-order valence-electron chi connectivity index (χ0n) is 23.2. The average molecular weight is 604 g/mol. The van der Waals surface area contributed by atoms with Gasteiger partial charge in [0.2, 0.25) is 6.29 Å². The van der Waals surface area contributed by atoms with Gasteiger partial charge < -0.3 is 4.90 Å². The second kappa shape index (κ2) is 12.8. The second-order valence-electron chi connectivity index (χ2n) is 10.8. The van der Waals surface area contributed by atoms with E-state index in [-0.39, 0.29) is 22.9 Å². The molecular weight excluding hydrogens is 569 g/mol. The number of carbonyl (C=O) groups excluding carboxylic acids is 4. The number of hydrazine groups is 1. The van der Waals surface area contributed by atoms with E-state index in [4.69, 9.17) is 5.84 Å². The van der Waals surface area contributed by atoms with E-state index in [9.17, 15) is 19.2 Å². The number of nitrogens with two attached hydrogens (primary N) is 1. The number of aromatic nitrogens is 1. The monoisotopic (exact) mass is 603 g/mol. The Morgan fingerprint density at radius 3 is 2.45 bits per heavy atom. The number of thioether (sulfide) groups is 1. The maximum absolute atomic E-state index is 14.2. The van der Waals surface area contributed by atoms with E-state index in [1.807, 2.05) is 37.6 Å². The highest BCUT2D eigenvalue weighted by atomic mass is 32.2. The molecule has 0 spiro atoms. The molecule has 0 saturated heterocycles. The highest BCUT2D eigenvalue weighted by Crippen LogP contribution is 2.49. The lowest BCUT2D eigenvalue weighted by Gasteiger charge is -2.27. The molecule has 3 heterocycles. The highest BCUT2D eigenvalue weighted by molar-refractivity contribution is 8.04. The number of imide groups is 1. The Balaban J connectivity index is 1.70. The number of allylic oxidation sites excluding steroid dienone is 1. The summed E-state index contributed by atoms with van der Waals surface area (Å²) in [5.74, 6) is 4.58. The first kappa shape index (κ1) is 30.2. The summed E-state index contributed by atoms with van der Waals surface area (Å²) >= 11 is 3.96. The molecule has 4 rings (SSSR count). The highest BCUT2D eigenvalue weighted by Gasteiger charge is 2.43. The third-order valence-electron chi connectivity index (χ3n) is 6.56. The van der Waals surface area contributed by atoms with E-state index in [0.29, 0.717) is 17.7 Å². The van der Waals surface area contributed by atoms with Crippen LogP contribution in [0.4, 0.5) is 9.93 Å². The van der Waals surface area contributed by atoms with Gasteiger partial charge >= 0.3 is 6.03 Å². The number of amides is 4. The summed E-state index contributed by atoms with van der Waals surface area (Å²) in [4.78, 5) is 63.3. The number of thiazole rings is 1. The fraction of sp³-hybridized carbons (Fsp3) is 0.519. The number of anilines is 1. The van der Waals surface area contributed by atoms with E-state index in [0.717, 1.165) is 46.1 Å². The molecular formula is C27H35N6O4S3. The molecule has 1 aliphatic heterocycles. The molecule has 2 aliphatic rings. The van der Waals surface area contributed by atoms with Gasteiger partial charge in [0.25, 0.3) is 11.8 Å². The van der Waals surface area contributed by atoms with Crippen LogP contribution in [-0.2, 0) is 9.59 Å². The van der Waals surface area contributed by atoms with Gasteiger partial charge in [0.15, 0.2) is 5.13 Å². The lowest BCUT2D eigenvalue weighted by atomic mass is 10.0. The Labute approximate surface area is 246 Å². The molecule has 10 nitrogen and oxygen atoms in total. The molecule has 1 unspecified atom stereocenters. The number of nitrogens with one attached hydrogen (secondary N) is 1. The molecule has 13 heteroatoms. The van der Waals surface area contributed by atoms with Crippen molar-refractivity contribution in [2.24, 2.45) is 17.7 Å². The molecule has 0 bridgehead atoms. The number of hydrogen-bond acceptors (Lipinski definition) is 10. The normalized spacial score (nSPS) is 17.9. The first-order chi connectivity index (χ1) is 19.1. The summed E-state index contributed by atoms with van der Waals surface area (Å²) in [5.41, 5.74) is 2.60. The van der Waals surface area contributed by atoms with Gasteiger partial charge in [-0.1, -0.05) is 45.5 Å². The van der Waals surface area contributed by atoms with E-state index in [1.54, 1.807) is 12.3 Å². The van der Waals surface area contributed by atoms with Gasteiger partial charge in [-0.05, 0) is 49.5 Å². The molecule has 0 aromatic carbocycles. The van der Waals surface area contributed by atoms with Crippen molar-refractivity contribution in [3.63, 3.8) is 0 Å². The number of thiophene rings is 1. The summed E-state index contributed by atoms with van der Waals surface area (Å²) in [6, 6.07) is 2.43. The second-order valence-corrected chi connectivity index (χ2v) is 13.7. The van der Waals surface area contributed by atoms with Crippen molar-refractivity contribution in [1.82, 2.24) is 20.2 Å². The first-order valence-electron chi connectivity index (χ1n) is 13.3. The molecule has 1 saturated carbocycles. The van der Waals surface area contributed by atoms with Crippen LogP contribution >= 0.6 is 34.4 Å². The molecule has 4 amide bonds. The maximum Gasteiger partial charge on any atom is 0.337 e. The van der Waals surface area contributed by atoms with Crippen molar-refractivity contribution in [3.8, 4) is 0 Å². The summed E-state index contributed by atoms with van der Waals surface area (Å²) in [5, 5.41) is 3.72. The Bertz CT molecular complexity index is 1270. The van der Waals surface area contributed by atoms with E-state index in [2.05, 4.69) is 29.2 Å². The minimum Gasteiger partial charge on any atom is -0.345 e. The quantitative estimate of drug-likeness (QED) is 0.161. The van der Waals surface area contributed by atoms with Crippen LogP contribution in [0.1, 0.15) is 74.6 Å². The van der Waals surface area contributed by atoms with E-state index in [1.165, 1.54) is 27.6 Å². The molecule has 1 aliphatic carbocycles. The molecule has 3 N–H and O–H groups in total. The van der Waals surface area contributed by atoms with Crippen LogP contribution in [0.5, 0.6) is 0 Å². The van der Waals surface area contributed by atoms with Crippen LogP contribution in [-0.4, -0.2) is 57.5 Å². The van der Waals surface area contributed by atoms with Gasteiger partial charge in [0, 0.05) is 28.5 Å². The van der Waals surface area contributed by atoms with Crippen molar-refractivity contribution >= 4 is 63.7 Å². The predicted molar refractivity (Wildman–Crippen MR) is 159 cm³/mol. The Hall–Kier alpha value is -2.74. The summed E-state index contributed by atoms with van der Waals surface area (Å²) < 4.78 is 0. The molecule has 1 radical (unpaired) electrons. The van der Waals surface area contributed by atoms with Crippen LogP contribution in [0.2, 0.25) is 0 Å². The van der Waals surface area contributed by atoms with E-state index < -0.39 is 29.3 Å². The Morgan fingerprint density at radius 1 is 1.18 bits per heavy atom. The van der Waals surface area contributed by atoms with Gasteiger partial charge in [0.05, 0.1) is 4.91 Å². The zero-order valence-corrected chi connectivity index (χ0v) is 25.7. The Kier molecular flexibility index (Phi) is 9.70. The van der Waals surface area contributed by atoms with E-state index >= 15 is 0 Å². The largest absolute Gasteiger partial charge is 0.345 e. The van der Waals surface area contributed by atoms with Crippen LogP contribution in [0, 0.1) is 11.8 Å². The molecule has 1 fully saturated rings. The first-order valence-corrected chi connectivity index (χ1v) is 15.9. The molecule has 2 aromatic heterocycles. The van der Waals surface area contributed by atoms with Crippen LogP contribution in [0.3, 0.4) is 0 Å². The zero-order chi connectivity index (χ0) is 29.1. The number of nitrogens with zero attached hydrogens (tertiary/aromatic N) is 4. The molecule has 2 atom stereocenters. The maximum atomic E-state index is 14.2. The van der Waals surface area contributed by atoms with Crippen molar-refractivity contribution in [3.05, 3.63) is 44.1 Å². The lowest BCUT2D eigenvalue weighted by Crippen LogP contribution is -2.47. The smallest absolute Gasteiger partial charge is 0.337 e. The van der Waals surface area contributed by atoms with Crippen LogP contribution in [0.25, 0.3) is 0 Å². The minimum atomic E-state index is -1.11. The summed E-state index contributed by atoms with van der Waals surface area (Å²) in [7, 11) is 0. The van der Waals surface area contributed by atoms with Crippen molar-refractivity contribution < 1.29 is 19.2 Å². The van der Waals surface area contributed by atoms with Gasteiger partial charge in [-0.2, -0.15) is 0 Å². The number of rotatable bonds is 11. The van der Waals surface area contributed by atoms with Crippen LogP contribution < -0.4 is 16.2 Å². The fourth-order valence-corrected chi connectivity index (χ4v) is 7.73. The van der Waals surface area contributed by atoms with Gasteiger partial charge in [-0.25, -0.2) is 15.6 Å².